The molecular weight excluding hydrogens is 575 g/mol. The van der Waals surface area contributed by atoms with E-state index in [0.717, 1.165) is 28.5 Å². The van der Waals surface area contributed by atoms with E-state index in [4.69, 9.17) is 14.4 Å². The number of thiol groups is 1. The number of thioether (sulfide) groups is 1. The van der Waals surface area contributed by atoms with Gasteiger partial charge in [-0.15, -0.1) is 0 Å². The molecule has 42 heavy (non-hydrogen) atoms. The maximum atomic E-state index is 14.9. The quantitative estimate of drug-likeness (QED) is 0.154. The standard InChI is InChI=1S/C32H22F2N4O2S2/c1-37(41)28-13-30-19(23(15-39)32(40-30)17-6-8-18(33)9-7-17)10-21(28)25-11-22-26(14-35-25)36-31(16-42-2)38-27-5-3-4-24(34)20(27)12-29(22)38/h3-15,41H,16H2,1-2H3. The van der Waals surface area contributed by atoms with Gasteiger partial charge in [0.15, 0.2) is 6.29 Å². The van der Waals surface area contributed by atoms with Gasteiger partial charge in [0, 0.05) is 40.4 Å². The van der Waals surface area contributed by atoms with Gasteiger partial charge in [-0.1, -0.05) is 18.9 Å². The van der Waals surface area contributed by atoms with Crippen LogP contribution in [0, 0.1) is 11.6 Å². The Hall–Kier alpha value is -4.41. The minimum Gasteiger partial charge on any atom is -0.455 e. The summed E-state index contributed by atoms with van der Waals surface area (Å²) in [4.78, 5) is 22.0. The zero-order chi connectivity index (χ0) is 29.1. The van der Waals surface area contributed by atoms with E-state index in [9.17, 15) is 13.6 Å². The topological polar surface area (TPSA) is 63.6 Å². The summed E-state index contributed by atoms with van der Waals surface area (Å²) in [5, 5.41) is 1.92. The number of carbonyl (C=O) groups excluding carboxylic acids is 1. The van der Waals surface area contributed by atoms with E-state index < -0.39 is 0 Å². The van der Waals surface area contributed by atoms with Crippen molar-refractivity contribution >= 4 is 74.8 Å². The highest BCUT2D eigenvalue weighted by Gasteiger charge is 2.21. The average Bonchev–Trinajstić information content (AvgIpc) is 3.56. The van der Waals surface area contributed by atoms with Gasteiger partial charge in [0.2, 0.25) is 0 Å². The molecule has 0 amide bonds. The van der Waals surface area contributed by atoms with Crippen molar-refractivity contribution in [2.45, 2.75) is 5.75 Å². The van der Waals surface area contributed by atoms with E-state index in [0.29, 0.717) is 61.5 Å². The molecule has 0 bridgehead atoms. The Bertz CT molecular complexity index is 2190. The van der Waals surface area contributed by atoms with Crippen LogP contribution in [0.3, 0.4) is 0 Å². The van der Waals surface area contributed by atoms with Crippen LogP contribution in [0.25, 0.3) is 60.9 Å². The lowest BCUT2D eigenvalue weighted by atomic mass is 10.0. The lowest BCUT2D eigenvalue weighted by Crippen LogP contribution is -2.04. The molecule has 0 saturated carbocycles. The Morgan fingerprint density at radius 2 is 1.83 bits per heavy atom. The number of carbonyl (C=O) groups is 1. The van der Waals surface area contributed by atoms with E-state index in [1.165, 1.54) is 18.2 Å². The third kappa shape index (κ3) is 4.13. The van der Waals surface area contributed by atoms with Crippen molar-refractivity contribution in [3.63, 3.8) is 0 Å². The van der Waals surface area contributed by atoms with Crippen molar-refractivity contribution < 1.29 is 18.0 Å². The first-order valence-electron chi connectivity index (χ1n) is 13.0. The molecule has 10 heteroatoms. The van der Waals surface area contributed by atoms with Gasteiger partial charge in [0.1, 0.15) is 28.8 Å². The van der Waals surface area contributed by atoms with Crippen LogP contribution < -0.4 is 4.31 Å². The van der Waals surface area contributed by atoms with Crippen LogP contribution >= 0.6 is 24.6 Å². The molecule has 0 aliphatic rings. The minimum atomic E-state index is -0.381. The number of aldehydes is 1. The summed E-state index contributed by atoms with van der Waals surface area (Å²) in [7, 11) is 1.79. The predicted molar refractivity (Wildman–Crippen MR) is 169 cm³/mol. The van der Waals surface area contributed by atoms with E-state index >= 15 is 0 Å². The first-order chi connectivity index (χ1) is 20.4. The van der Waals surface area contributed by atoms with Crippen molar-refractivity contribution in [3.8, 4) is 22.6 Å². The van der Waals surface area contributed by atoms with Gasteiger partial charge in [-0.05, 0) is 60.9 Å². The van der Waals surface area contributed by atoms with Crippen LogP contribution in [0.2, 0.25) is 0 Å². The molecule has 7 aromatic rings. The van der Waals surface area contributed by atoms with Gasteiger partial charge in [-0.3, -0.25) is 14.2 Å². The summed E-state index contributed by atoms with van der Waals surface area (Å²) >= 11 is 6.21. The van der Waals surface area contributed by atoms with Crippen LogP contribution in [0.15, 0.2) is 77.3 Å². The number of pyridine rings is 1. The molecule has 0 radical (unpaired) electrons. The van der Waals surface area contributed by atoms with Gasteiger partial charge in [-0.25, -0.2) is 13.8 Å². The number of nitrogens with zero attached hydrogens (tertiary/aromatic N) is 4. The molecule has 0 saturated heterocycles. The van der Waals surface area contributed by atoms with Gasteiger partial charge < -0.3 is 8.72 Å². The van der Waals surface area contributed by atoms with Crippen molar-refractivity contribution in [3.05, 3.63) is 95.9 Å². The fourth-order valence-electron chi connectivity index (χ4n) is 5.53. The molecule has 4 heterocycles. The first kappa shape index (κ1) is 26.5. The zero-order valence-electron chi connectivity index (χ0n) is 22.4. The Balaban J connectivity index is 1.50. The van der Waals surface area contributed by atoms with E-state index in [2.05, 4.69) is 12.8 Å². The smallest absolute Gasteiger partial charge is 0.154 e. The van der Waals surface area contributed by atoms with E-state index in [1.807, 2.05) is 34.9 Å². The fraction of sp³-hybridized carbons (Fsp3) is 0.0938. The van der Waals surface area contributed by atoms with Crippen molar-refractivity contribution in [1.29, 1.82) is 0 Å². The summed E-state index contributed by atoms with van der Waals surface area (Å²) in [5.41, 5.74) is 5.72. The summed E-state index contributed by atoms with van der Waals surface area (Å²) in [6.45, 7) is 0. The normalized spacial score (nSPS) is 11.7. The molecule has 4 aromatic heterocycles. The number of hydrogen-bond acceptors (Lipinski definition) is 7. The van der Waals surface area contributed by atoms with Gasteiger partial charge in [0.25, 0.3) is 0 Å². The second kappa shape index (κ2) is 10.1. The van der Waals surface area contributed by atoms with Crippen LogP contribution in [-0.2, 0) is 5.75 Å². The average molecular weight is 597 g/mol. The molecule has 0 unspecified atom stereocenters. The number of halogens is 2. The van der Waals surface area contributed by atoms with Gasteiger partial charge in [0.05, 0.1) is 45.4 Å². The van der Waals surface area contributed by atoms with E-state index in [1.54, 1.807) is 53.6 Å². The highest BCUT2D eigenvalue weighted by atomic mass is 32.2. The number of hydrogen-bond donors (Lipinski definition) is 1. The molecule has 3 aromatic carbocycles. The summed E-state index contributed by atoms with van der Waals surface area (Å²) in [5.74, 6) is 1.13. The van der Waals surface area contributed by atoms with Crippen LogP contribution in [0.1, 0.15) is 16.2 Å². The SMILES string of the molecule is CSCc1nc2cnc(-c3cc4c(C=O)c(-c5ccc(F)cc5)oc4cc3N(C)S)cc2c2cc3c(F)cccc3n12. The lowest BCUT2D eigenvalue weighted by Gasteiger charge is -2.17. The Morgan fingerprint density at radius 1 is 1.02 bits per heavy atom. The van der Waals surface area contributed by atoms with E-state index in [-0.39, 0.29) is 11.6 Å². The van der Waals surface area contributed by atoms with Crippen LogP contribution in [0.5, 0.6) is 0 Å². The monoisotopic (exact) mass is 596 g/mol. The second-order valence-electron chi connectivity index (χ2n) is 9.94. The first-order valence-corrected chi connectivity index (χ1v) is 14.8. The number of benzene rings is 3. The molecule has 0 aliphatic carbocycles. The molecular formula is C32H22F2N4O2S2. The number of rotatable bonds is 6. The molecule has 0 spiro atoms. The largest absolute Gasteiger partial charge is 0.455 e. The maximum Gasteiger partial charge on any atom is 0.154 e. The van der Waals surface area contributed by atoms with Gasteiger partial charge in [-0.2, -0.15) is 11.8 Å². The van der Waals surface area contributed by atoms with Crippen molar-refractivity contribution in [2.75, 3.05) is 17.6 Å². The molecule has 208 valence electrons. The summed E-state index contributed by atoms with van der Waals surface area (Å²) < 4.78 is 38.2. The third-order valence-corrected chi connectivity index (χ3v) is 8.19. The van der Waals surface area contributed by atoms with Crippen LogP contribution in [-0.4, -0.2) is 34.0 Å². The zero-order valence-corrected chi connectivity index (χ0v) is 24.1. The third-order valence-electron chi connectivity index (χ3n) is 7.43. The van der Waals surface area contributed by atoms with Gasteiger partial charge >= 0.3 is 0 Å². The summed E-state index contributed by atoms with van der Waals surface area (Å²) in [6.07, 6.45) is 4.46. The second-order valence-corrected chi connectivity index (χ2v) is 11.4. The maximum absolute atomic E-state index is 14.9. The fourth-order valence-corrected chi connectivity index (χ4v) is 6.15. The minimum absolute atomic E-state index is 0.295. The molecule has 0 aliphatic heterocycles. The summed E-state index contributed by atoms with van der Waals surface area (Å²) in [6, 6.07) is 18.3. The van der Waals surface area contributed by atoms with Crippen LogP contribution in [0.4, 0.5) is 14.5 Å². The number of aromatic nitrogens is 3. The number of furan rings is 1. The Morgan fingerprint density at radius 3 is 2.57 bits per heavy atom. The lowest BCUT2D eigenvalue weighted by molar-refractivity contribution is 0.112. The number of anilines is 1. The predicted octanol–water partition coefficient (Wildman–Crippen LogP) is 8.35. The van der Waals surface area contributed by atoms with Crippen molar-refractivity contribution in [1.82, 2.24) is 14.4 Å². The molecule has 0 fully saturated rings. The molecule has 7 rings (SSSR count). The number of fused-ring (bicyclic) bond motifs is 6. The molecule has 0 atom stereocenters. The molecule has 6 nitrogen and oxygen atoms in total. The highest BCUT2D eigenvalue weighted by molar-refractivity contribution is 7.97. The molecule has 0 N–H and O–H groups in total. The Kier molecular flexibility index (Phi) is 6.40. The van der Waals surface area contributed by atoms with Crippen molar-refractivity contribution in [2.24, 2.45) is 0 Å². The highest BCUT2D eigenvalue weighted by Crippen LogP contribution is 2.41. The Labute approximate surface area is 248 Å².